The minimum Gasteiger partial charge on any atom is -0.306 e. The fourth-order valence-electron chi connectivity index (χ4n) is 9.72. The van der Waals surface area contributed by atoms with Crippen LogP contribution in [-0.4, -0.2) is 23.8 Å². The summed E-state index contributed by atoms with van der Waals surface area (Å²) in [7, 11) is 0. The van der Waals surface area contributed by atoms with Crippen molar-refractivity contribution < 1.29 is 0 Å². The summed E-state index contributed by atoms with van der Waals surface area (Å²) < 4.78 is 5.05. The molecule has 58 heavy (non-hydrogen) atoms. The van der Waals surface area contributed by atoms with Crippen molar-refractivity contribution in [3.05, 3.63) is 188 Å². The van der Waals surface area contributed by atoms with Gasteiger partial charge >= 0.3 is 0 Å². The number of hydrogen-bond donors (Lipinski definition) is 0. The Hall–Kier alpha value is -7.89. The van der Waals surface area contributed by atoms with Crippen molar-refractivity contribution in [2.24, 2.45) is 0 Å². The molecule has 5 nitrogen and oxygen atoms in total. The predicted molar refractivity (Wildman–Crippen MR) is 241 cm³/mol. The van der Waals surface area contributed by atoms with E-state index in [-0.39, 0.29) is 0 Å². The largest absolute Gasteiger partial charge is 0.306 e. The van der Waals surface area contributed by atoms with Crippen LogP contribution < -0.4 is 0 Å². The smallest absolute Gasteiger partial charge is 0.164 e. The maximum absolute atomic E-state index is 5.26. The van der Waals surface area contributed by atoms with Crippen molar-refractivity contribution in [2.45, 2.75) is 0 Å². The van der Waals surface area contributed by atoms with E-state index in [1.807, 2.05) is 36.4 Å². The first kappa shape index (κ1) is 31.3. The first-order valence-corrected chi connectivity index (χ1v) is 19.7. The van der Waals surface area contributed by atoms with Crippen LogP contribution in [0.5, 0.6) is 0 Å². The molecular formula is C53H31N5. The molecule has 0 saturated heterocycles. The molecule has 13 aromatic rings. The second-order valence-corrected chi connectivity index (χ2v) is 15.1. The Morgan fingerprint density at radius 2 is 0.724 bits per heavy atom. The zero-order chi connectivity index (χ0) is 37.9. The average molecular weight is 738 g/mol. The topological polar surface area (TPSA) is 47.5 Å². The van der Waals surface area contributed by atoms with Crippen LogP contribution in [0.1, 0.15) is 0 Å². The highest BCUT2D eigenvalue weighted by Gasteiger charge is 2.24. The van der Waals surface area contributed by atoms with E-state index in [1.54, 1.807) is 0 Å². The number of aromatic nitrogens is 5. The molecule has 0 spiro atoms. The summed E-state index contributed by atoms with van der Waals surface area (Å²) in [5, 5.41) is 12.1. The highest BCUT2D eigenvalue weighted by Crippen LogP contribution is 2.46. The summed E-state index contributed by atoms with van der Waals surface area (Å²) in [6, 6.07) is 67.3. The van der Waals surface area contributed by atoms with Crippen molar-refractivity contribution in [2.75, 3.05) is 0 Å². The second-order valence-electron chi connectivity index (χ2n) is 15.1. The van der Waals surface area contributed by atoms with Gasteiger partial charge in [0.15, 0.2) is 17.5 Å². The van der Waals surface area contributed by atoms with E-state index >= 15 is 0 Å². The molecule has 4 heterocycles. The van der Waals surface area contributed by atoms with Gasteiger partial charge in [0.2, 0.25) is 0 Å². The third kappa shape index (κ3) is 4.22. The van der Waals surface area contributed by atoms with Gasteiger partial charge in [-0.05, 0) is 34.4 Å². The van der Waals surface area contributed by atoms with Crippen LogP contribution >= 0.6 is 0 Å². The van der Waals surface area contributed by atoms with Crippen LogP contribution in [0.2, 0.25) is 0 Å². The minimum absolute atomic E-state index is 0.637. The van der Waals surface area contributed by atoms with Crippen molar-refractivity contribution in [3.8, 4) is 34.2 Å². The monoisotopic (exact) mass is 737 g/mol. The molecule has 5 heteroatoms. The number of fused-ring (bicyclic) bond motifs is 15. The number of nitrogens with zero attached hydrogens (tertiary/aromatic N) is 5. The lowest BCUT2D eigenvalue weighted by Crippen LogP contribution is -2.00. The van der Waals surface area contributed by atoms with Crippen molar-refractivity contribution in [1.82, 2.24) is 23.8 Å². The number of para-hydroxylation sites is 3. The Labute approximate surface area is 331 Å². The lowest BCUT2D eigenvalue weighted by Gasteiger charge is -2.15. The molecule has 268 valence electrons. The van der Waals surface area contributed by atoms with Crippen molar-refractivity contribution in [1.29, 1.82) is 0 Å². The molecule has 0 aliphatic heterocycles. The van der Waals surface area contributed by atoms with Gasteiger partial charge in [-0.2, -0.15) is 0 Å². The normalized spacial score (nSPS) is 12.1. The number of hydrogen-bond acceptors (Lipinski definition) is 3. The molecule has 13 rings (SSSR count). The molecule has 0 N–H and O–H groups in total. The molecule has 0 radical (unpaired) electrons. The Morgan fingerprint density at radius 1 is 0.259 bits per heavy atom. The highest BCUT2D eigenvalue weighted by molar-refractivity contribution is 6.34. The second kappa shape index (κ2) is 11.8. The maximum atomic E-state index is 5.26. The minimum atomic E-state index is 0.637. The van der Waals surface area contributed by atoms with Crippen LogP contribution in [0.3, 0.4) is 0 Å². The van der Waals surface area contributed by atoms with Gasteiger partial charge in [0, 0.05) is 54.4 Å². The SMILES string of the molecule is c1ccc(-c2nc(-c3ccccc3)nc(-c3cccc4c3c3cccc5c3n4c3c4ccccc4c4ccccc4c3c3cccc4c6ccccc6n5c43)n2)cc1. The van der Waals surface area contributed by atoms with E-state index < -0.39 is 0 Å². The van der Waals surface area contributed by atoms with Gasteiger partial charge in [-0.15, -0.1) is 0 Å². The van der Waals surface area contributed by atoms with E-state index in [4.69, 9.17) is 15.0 Å². The van der Waals surface area contributed by atoms with Gasteiger partial charge in [0.25, 0.3) is 0 Å². The number of benzene rings is 9. The van der Waals surface area contributed by atoms with E-state index in [9.17, 15) is 0 Å². The molecule has 0 fully saturated rings. The summed E-state index contributed by atoms with van der Waals surface area (Å²) >= 11 is 0. The number of rotatable bonds is 3. The van der Waals surface area contributed by atoms with Gasteiger partial charge in [-0.3, -0.25) is 0 Å². The van der Waals surface area contributed by atoms with Crippen molar-refractivity contribution >= 4 is 87.0 Å². The molecular weight excluding hydrogens is 707 g/mol. The lowest BCUT2D eigenvalue weighted by atomic mass is 9.95. The molecule has 0 bridgehead atoms. The molecule has 0 unspecified atom stereocenters. The Balaban J connectivity index is 1.32. The Morgan fingerprint density at radius 3 is 1.45 bits per heavy atom. The first-order valence-electron chi connectivity index (χ1n) is 19.7. The van der Waals surface area contributed by atoms with Crippen LogP contribution in [0, 0.1) is 0 Å². The van der Waals surface area contributed by atoms with Crippen LogP contribution in [0.4, 0.5) is 0 Å². The zero-order valence-corrected chi connectivity index (χ0v) is 31.1. The third-order valence-corrected chi connectivity index (χ3v) is 12.1. The van der Waals surface area contributed by atoms with E-state index in [0.717, 1.165) is 44.0 Å². The average Bonchev–Trinajstić information content (AvgIpc) is 3.82. The van der Waals surface area contributed by atoms with Crippen molar-refractivity contribution in [3.63, 3.8) is 0 Å². The fraction of sp³-hybridized carbons (Fsp3) is 0. The molecule has 0 atom stereocenters. The van der Waals surface area contributed by atoms with Crippen LogP contribution in [0.25, 0.3) is 121 Å². The van der Waals surface area contributed by atoms with Gasteiger partial charge in [-0.1, -0.05) is 170 Å². The highest BCUT2D eigenvalue weighted by atomic mass is 15.0. The van der Waals surface area contributed by atoms with Crippen LogP contribution in [-0.2, 0) is 0 Å². The third-order valence-electron chi connectivity index (χ3n) is 12.1. The molecule has 0 aliphatic carbocycles. The van der Waals surface area contributed by atoms with Crippen LogP contribution in [0.15, 0.2) is 188 Å². The van der Waals surface area contributed by atoms with E-state index in [0.29, 0.717) is 17.5 Å². The molecule has 4 aromatic heterocycles. The summed E-state index contributed by atoms with van der Waals surface area (Å²) in [6.07, 6.45) is 0. The fourth-order valence-corrected chi connectivity index (χ4v) is 9.72. The van der Waals surface area contributed by atoms with Gasteiger partial charge < -0.3 is 8.80 Å². The molecule has 0 saturated carbocycles. The summed E-state index contributed by atoms with van der Waals surface area (Å²) in [6.45, 7) is 0. The van der Waals surface area contributed by atoms with Gasteiger partial charge in [-0.25, -0.2) is 15.0 Å². The Kier molecular flexibility index (Phi) is 6.38. The standard InChI is InChI=1S/C53H31N5/c1-3-16-32(17-4-1)51-54-52(33-18-5-2-6-19-33)56-53(55-51)42-28-15-30-44-46(42)40-27-14-31-45-49(40)58(44)50-38-24-10-8-21-35(38)34-20-7-9-23-37(34)47(50)41-26-13-25-39-36-22-11-12-29-43(36)57(45)48(39)41/h1-31H. The predicted octanol–water partition coefficient (Wildman–Crippen LogP) is 13.5. The Bertz CT molecular complexity index is 3790. The zero-order valence-electron chi connectivity index (χ0n) is 31.1. The van der Waals surface area contributed by atoms with Gasteiger partial charge in [0.1, 0.15) is 0 Å². The first-order chi connectivity index (χ1) is 28.8. The molecule has 0 aliphatic rings. The van der Waals surface area contributed by atoms with E-state index in [2.05, 4.69) is 160 Å². The van der Waals surface area contributed by atoms with Gasteiger partial charge in [0.05, 0.1) is 33.1 Å². The maximum Gasteiger partial charge on any atom is 0.164 e. The summed E-state index contributed by atoms with van der Waals surface area (Å²) in [4.78, 5) is 15.6. The molecule has 9 aromatic carbocycles. The van der Waals surface area contributed by atoms with E-state index in [1.165, 1.54) is 59.6 Å². The summed E-state index contributed by atoms with van der Waals surface area (Å²) in [5.74, 6) is 1.92. The molecule has 0 amide bonds. The lowest BCUT2D eigenvalue weighted by molar-refractivity contribution is 1.08. The quantitative estimate of drug-likeness (QED) is 0.170. The summed E-state index contributed by atoms with van der Waals surface area (Å²) in [5.41, 5.74) is 9.79.